The minimum atomic E-state index is -0.883. The van der Waals surface area contributed by atoms with Crippen molar-refractivity contribution in [3.63, 3.8) is 0 Å². The maximum atomic E-state index is 10.3. The lowest BCUT2D eigenvalue weighted by Crippen LogP contribution is -2.43. The zero-order chi connectivity index (χ0) is 21.4. The van der Waals surface area contributed by atoms with Crippen LogP contribution >= 0.6 is 0 Å². The quantitative estimate of drug-likeness (QED) is 0.524. The van der Waals surface area contributed by atoms with Gasteiger partial charge in [-0.15, -0.1) is 0 Å². The Kier molecular flexibility index (Phi) is 5.00. The van der Waals surface area contributed by atoms with Crippen LogP contribution in [0.1, 0.15) is 19.4 Å². The van der Waals surface area contributed by atoms with Crippen molar-refractivity contribution in [3.05, 3.63) is 78.6 Å². The van der Waals surface area contributed by atoms with Gasteiger partial charge in [-0.2, -0.15) is 0 Å². The van der Waals surface area contributed by atoms with Gasteiger partial charge in [-0.3, -0.25) is 4.57 Å². The van der Waals surface area contributed by atoms with Gasteiger partial charge in [0.05, 0.1) is 16.6 Å². The molecule has 0 amide bonds. The summed E-state index contributed by atoms with van der Waals surface area (Å²) < 4.78 is 2.11. The van der Waals surface area contributed by atoms with E-state index in [1.807, 2.05) is 24.5 Å². The molecular formula is C26H28N4O. The molecule has 5 heteroatoms. The summed E-state index contributed by atoms with van der Waals surface area (Å²) >= 11 is 0. The number of rotatable bonds is 4. The molecule has 5 nitrogen and oxygen atoms in total. The van der Waals surface area contributed by atoms with Gasteiger partial charge in [0.1, 0.15) is 6.33 Å². The Morgan fingerprint density at radius 3 is 2.55 bits per heavy atom. The number of benzene rings is 3. The van der Waals surface area contributed by atoms with Crippen LogP contribution in [-0.4, -0.2) is 40.8 Å². The monoisotopic (exact) mass is 412 g/mol. The van der Waals surface area contributed by atoms with Gasteiger partial charge in [-0.05, 0) is 55.3 Å². The molecule has 31 heavy (non-hydrogen) atoms. The minimum absolute atomic E-state index is 0.865. The summed E-state index contributed by atoms with van der Waals surface area (Å²) in [6.07, 6.45) is 1.86. The standard InChI is InChI=1S/C26H28N4O/c1-26(2,31)20-10-11-25-23(17-20)28-18-30(25)21-7-5-6-19(16-21)22-8-3-4-9-24(22)29-14-12-27-13-15-29/h3-11,16-18,27,31H,12-15H2,1-2H3. The fourth-order valence-electron chi connectivity index (χ4n) is 4.32. The number of aromatic nitrogens is 2. The van der Waals surface area contributed by atoms with E-state index in [4.69, 9.17) is 0 Å². The maximum Gasteiger partial charge on any atom is 0.100 e. The van der Waals surface area contributed by atoms with Crippen molar-refractivity contribution >= 4 is 16.7 Å². The van der Waals surface area contributed by atoms with E-state index < -0.39 is 5.60 Å². The Balaban J connectivity index is 1.55. The van der Waals surface area contributed by atoms with Gasteiger partial charge in [0, 0.05) is 43.1 Å². The van der Waals surface area contributed by atoms with Gasteiger partial charge in [0.25, 0.3) is 0 Å². The van der Waals surface area contributed by atoms with E-state index in [1.54, 1.807) is 13.8 Å². The van der Waals surface area contributed by atoms with E-state index in [0.29, 0.717) is 0 Å². The molecule has 1 saturated heterocycles. The first-order valence-electron chi connectivity index (χ1n) is 10.9. The minimum Gasteiger partial charge on any atom is -0.386 e. The highest BCUT2D eigenvalue weighted by molar-refractivity contribution is 5.82. The lowest BCUT2D eigenvalue weighted by molar-refractivity contribution is 0.0787. The third-order valence-corrected chi connectivity index (χ3v) is 6.05. The number of para-hydroxylation sites is 1. The number of imidazole rings is 1. The Labute approximate surface area is 183 Å². The van der Waals surface area contributed by atoms with Crippen molar-refractivity contribution in [2.24, 2.45) is 0 Å². The Hall–Kier alpha value is -3.15. The topological polar surface area (TPSA) is 53.3 Å². The second-order valence-electron chi connectivity index (χ2n) is 8.68. The molecule has 0 saturated carbocycles. The summed E-state index contributed by atoms with van der Waals surface area (Å²) in [6.45, 7) is 7.66. The van der Waals surface area contributed by atoms with Crippen molar-refractivity contribution < 1.29 is 5.11 Å². The van der Waals surface area contributed by atoms with Gasteiger partial charge in [0.15, 0.2) is 0 Å². The summed E-state index contributed by atoms with van der Waals surface area (Å²) in [5.74, 6) is 0. The molecule has 0 bridgehead atoms. The fourth-order valence-corrected chi connectivity index (χ4v) is 4.32. The molecular weight excluding hydrogens is 384 g/mol. The van der Waals surface area contributed by atoms with Crippen LogP contribution in [0.2, 0.25) is 0 Å². The molecule has 0 radical (unpaired) electrons. The molecule has 1 aliphatic heterocycles. The van der Waals surface area contributed by atoms with Crippen LogP contribution in [0.3, 0.4) is 0 Å². The molecule has 0 atom stereocenters. The second-order valence-corrected chi connectivity index (χ2v) is 8.68. The average Bonchev–Trinajstić information content (AvgIpc) is 3.23. The first-order chi connectivity index (χ1) is 15.0. The van der Waals surface area contributed by atoms with Gasteiger partial charge in [-0.25, -0.2) is 4.98 Å². The largest absolute Gasteiger partial charge is 0.386 e. The summed E-state index contributed by atoms with van der Waals surface area (Å²) in [7, 11) is 0. The molecule has 1 aromatic heterocycles. The van der Waals surface area contributed by atoms with Crippen molar-refractivity contribution in [1.29, 1.82) is 0 Å². The lowest BCUT2D eigenvalue weighted by atomic mass is 9.98. The second kappa shape index (κ2) is 7.84. The Morgan fingerprint density at radius 1 is 0.935 bits per heavy atom. The first-order valence-corrected chi connectivity index (χ1v) is 10.9. The van der Waals surface area contributed by atoms with E-state index in [0.717, 1.165) is 48.5 Å². The molecule has 0 aliphatic carbocycles. The normalized spacial score (nSPS) is 14.9. The molecule has 1 fully saturated rings. The number of hydrogen-bond acceptors (Lipinski definition) is 4. The van der Waals surface area contributed by atoms with E-state index in [2.05, 4.69) is 68.3 Å². The number of aliphatic hydroxyl groups is 1. The molecule has 0 spiro atoms. The predicted molar refractivity (Wildman–Crippen MR) is 127 cm³/mol. The van der Waals surface area contributed by atoms with E-state index in [9.17, 15) is 5.11 Å². The smallest absolute Gasteiger partial charge is 0.100 e. The van der Waals surface area contributed by atoms with Crippen LogP contribution in [0.5, 0.6) is 0 Å². The summed E-state index contributed by atoms with van der Waals surface area (Å²) in [5, 5.41) is 13.8. The SMILES string of the molecule is CC(C)(O)c1ccc2c(c1)ncn2-c1cccc(-c2ccccc2N2CCNCC2)c1. The van der Waals surface area contributed by atoms with Gasteiger partial charge in [0.2, 0.25) is 0 Å². The summed E-state index contributed by atoms with van der Waals surface area (Å²) in [4.78, 5) is 7.06. The number of nitrogens with one attached hydrogen (secondary N) is 1. The van der Waals surface area contributed by atoms with Crippen molar-refractivity contribution in [3.8, 4) is 16.8 Å². The summed E-state index contributed by atoms with van der Waals surface area (Å²) in [6, 6.07) is 23.3. The van der Waals surface area contributed by atoms with Gasteiger partial charge in [-0.1, -0.05) is 36.4 Å². The van der Waals surface area contributed by atoms with Crippen molar-refractivity contribution in [2.75, 3.05) is 31.1 Å². The molecule has 0 unspecified atom stereocenters. The number of anilines is 1. The number of piperazine rings is 1. The highest BCUT2D eigenvalue weighted by atomic mass is 16.3. The number of nitrogens with zero attached hydrogens (tertiary/aromatic N) is 3. The molecule has 4 aromatic rings. The van der Waals surface area contributed by atoms with Crippen molar-refractivity contribution in [2.45, 2.75) is 19.4 Å². The lowest BCUT2D eigenvalue weighted by Gasteiger charge is -2.31. The van der Waals surface area contributed by atoms with Crippen LogP contribution in [0, 0.1) is 0 Å². The van der Waals surface area contributed by atoms with Crippen LogP contribution < -0.4 is 10.2 Å². The van der Waals surface area contributed by atoms with E-state index in [1.165, 1.54) is 16.8 Å². The molecule has 1 aliphatic rings. The first kappa shape index (κ1) is 19.8. The van der Waals surface area contributed by atoms with E-state index in [-0.39, 0.29) is 0 Å². The third kappa shape index (κ3) is 3.82. The highest BCUT2D eigenvalue weighted by Gasteiger charge is 2.18. The van der Waals surface area contributed by atoms with Crippen LogP contribution in [0.15, 0.2) is 73.1 Å². The van der Waals surface area contributed by atoms with Crippen molar-refractivity contribution in [1.82, 2.24) is 14.9 Å². The molecule has 5 rings (SSSR count). The Morgan fingerprint density at radius 2 is 1.74 bits per heavy atom. The zero-order valence-electron chi connectivity index (χ0n) is 18.0. The number of fused-ring (bicyclic) bond motifs is 1. The van der Waals surface area contributed by atoms with Crippen LogP contribution in [-0.2, 0) is 5.60 Å². The van der Waals surface area contributed by atoms with Crippen LogP contribution in [0.25, 0.3) is 27.8 Å². The van der Waals surface area contributed by atoms with Gasteiger partial charge >= 0.3 is 0 Å². The summed E-state index contributed by atoms with van der Waals surface area (Å²) in [5.41, 5.74) is 6.70. The third-order valence-electron chi connectivity index (χ3n) is 6.05. The Bertz CT molecular complexity index is 1220. The molecule has 2 N–H and O–H groups in total. The van der Waals surface area contributed by atoms with E-state index >= 15 is 0 Å². The van der Waals surface area contributed by atoms with Crippen LogP contribution in [0.4, 0.5) is 5.69 Å². The maximum absolute atomic E-state index is 10.3. The zero-order valence-corrected chi connectivity index (χ0v) is 18.0. The average molecular weight is 413 g/mol. The number of hydrogen-bond donors (Lipinski definition) is 2. The molecule has 2 heterocycles. The van der Waals surface area contributed by atoms with Gasteiger partial charge < -0.3 is 15.3 Å². The fraction of sp³-hybridized carbons (Fsp3) is 0.269. The molecule has 158 valence electrons. The predicted octanol–water partition coefficient (Wildman–Crippen LogP) is 4.33. The molecule has 3 aromatic carbocycles. The highest BCUT2D eigenvalue weighted by Crippen LogP contribution is 2.33.